The third-order valence-corrected chi connectivity index (χ3v) is 4.65. The molecule has 1 aromatic heterocycles. The molecule has 1 atom stereocenters. The fraction of sp³-hybridized carbons (Fsp3) is 0.318. The molecule has 2 amide bonds. The van der Waals surface area contributed by atoms with E-state index in [9.17, 15) is 9.59 Å². The number of amides is 2. The first-order valence-electron chi connectivity index (χ1n) is 9.47. The van der Waals surface area contributed by atoms with Crippen molar-refractivity contribution < 1.29 is 9.59 Å². The van der Waals surface area contributed by atoms with E-state index < -0.39 is 0 Å². The molecule has 28 heavy (non-hydrogen) atoms. The molecule has 3 aromatic rings. The van der Waals surface area contributed by atoms with Gasteiger partial charge in [0.25, 0.3) is 0 Å². The van der Waals surface area contributed by atoms with Gasteiger partial charge in [0.2, 0.25) is 11.8 Å². The van der Waals surface area contributed by atoms with Gasteiger partial charge < -0.3 is 15.2 Å². The molecule has 0 aliphatic rings. The predicted molar refractivity (Wildman–Crippen MR) is 111 cm³/mol. The van der Waals surface area contributed by atoms with E-state index in [1.807, 2.05) is 60.0 Å². The van der Waals surface area contributed by atoms with Crippen LogP contribution in [0.4, 0.5) is 5.69 Å². The zero-order valence-corrected chi connectivity index (χ0v) is 16.7. The maximum Gasteiger partial charge on any atom is 0.244 e. The summed E-state index contributed by atoms with van der Waals surface area (Å²) in [4.78, 5) is 28.8. The number of imidazole rings is 1. The maximum atomic E-state index is 12.7. The van der Waals surface area contributed by atoms with Gasteiger partial charge >= 0.3 is 0 Å². The van der Waals surface area contributed by atoms with Crippen molar-refractivity contribution in [2.45, 2.75) is 46.2 Å². The van der Waals surface area contributed by atoms with Gasteiger partial charge in [-0.15, -0.1) is 0 Å². The Labute approximate surface area is 165 Å². The predicted octanol–water partition coefficient (Wildman–Crippen LogP) is 4.00. The Morgan fingerprint density at radius 2 is 1.71 bits per heavy atom. The van der Waals surface area contributed by atoms with Crippen molar-refractivity contribution in [3.8, 4) is 0 Å². The van der Waals surface area contributed by atoms with Gasteiger partial charge in [-0.1, -0.05) is 38.1 Å². The number of carbonyl (C=O) groups is 2. The van der Waals surface area contributed by atoms with Gasteiger partial charge in [0.1, 0.15) is 12.4 Å². The van der Waals surface area contributed by atoms with Crippen LogP contribution in [0.2, 0.25) is 0 Å². The zero-order chi connectivity index (χ0) is 20.3. The lowest BCUT2D eigenvalue weighted by atomic mass is 10.0. The average Bonchev–Trinajstić information content (AvgIpc) is 3.00. The fourth-order valence-corrected chi connectivity index (χ4v) is 3.26. The van der Waals surface area contributed by atoms with Crippen molar-refractivity contribution >= 4 is 28.5 Å². The van der Waals surface area contributed by atoms with Crippen LogP contribution in [0.1, 0.15) is 51.0 Å². The highest BCUT2D eigenvalue weighted by molar-refractivity contribution is 5.91. The highest BCUT2D eigenvalue weighted by Gasteiger charge is 2.19. The first kappa shape index (κ1) is 19.6. The number of benzene rings is 2. The lowest BCUT2D eigenvalue weighted by Crippen LogP contribution is -2.28. The molecule has 2 N–H and O–H groups in total. The van der Waals surface area contributed by atoms with Crippen LogP contribution in [0, 0.1) is 0 Å². The van der Waals surface area contributed by atoms with E-state index >= 15 is 0 Å². The quantitative estimate of drug-likeness (QED) is 0.681. The van der Waals surface area contributed by atoms with E-state index in [0.717, 1.165) is 16.7 Å². The van der Waals surface area contributed by atoms with Crippen molar-refractivity contribution in [3.05, 3.63) is 59.9 Å². The van der Waals surface area contributed by atoms with Gasteiger partial charge in [-0.05, 0) is 42.7 Å². The highest BCUT2D eigenvalue weighted by atomic mass is 16.2. The van der Waals surface area contributed by atoms with Gasteiger partial charge in [0, 0.05) is 12.6 Å². The summed E-state index contributed by atoms with van der Waals surface area (Å²) in [5.41, 5.74) is 3.64. The highest BCUT2D eigenvalue weighted by Crippen LogP contribution is 2.21. The van der Waals surface area contributed by atoms with Crippen LogP contribution in [0.25, 0.3) is 11.0 Å². The molecule has 6 heteroatoms. The van der Waals surface area contributed by atoms with E-state index in [1.165, 1.54) is 12.5 Å². The lowest BCUT2D eigenvalue weighted by molar-refractivity contribution is -0.119. The first-order chi connectivity index (χ1) is 13.3. The molecule has 0 bridgehead atoms. The topological polar surface area (TPSA) is 76.0 Å². The summed E-state index contributed by atoms with van der Waals surface area (Å²) in [7, 11) is 0. The van der Waals surface area contributed by atoms with Crippen LogP contribution in [-0.4, -0.2) is 21.4 Å². The number of nitrogens with one attached hydrogen (secondary N) is 2. The molecule has 146 valence electrons. The SMILES string of the molecule is CC(=O)N[C@H](C)c1nc2ccccc2n1CC(=O)Nc1ccc(C(C)C)cc1. The number of anilines is 1. The fourth-order valence-electron chi connectivity index (χ4n) is 3.26. The summed E-state index contributed by atoms with van der Waals surface area (Å²) in [6.07, 6.45) is 0. The van der Waals surface area contributed by atoms with Gasteiger partial charge in [-0.3, -0.25) is 9.59 Å². The Morgan fingerprint density at radius 3 is 2.36 bits per heavy atom. The van der Waals surface area contributed by atoms with E-state index in [0.29, 0.717) is 11.7 Å². The Bertz CT molecular complexity index is 989. The number of nitrogens with zero attached hydrogens (tertiary/aromatic N) is 2. The van der Waals surface area contributed by atoms with Crippen molar-refractivity contribution in [3.63, 3.8) is 0 Å². The third-order valence-electron chi connectivity index (χ3n) is 4.65. The molecule has 0 fully saturated rings. The van der Waals surface area contributed by atoms with Crippen LogP contribution in [-0.2, 0) is 16.1 Å². The summed E-state index contributed by atoms with van der Waals surface area (Å²) < 4.78 is 1.85. The van der Waals surface area contributed by atoms with Crippen molar-refractivity contribution in [1.29, 1.82) is 0 Å². The largest absolute Gasteiger partial charge is 0.347 e. The van der Waals surface area contributed by atoms with Crippen LogP contribution in [0.15, 0.2) is 48.5 Å². The summed E-state index contributed by atoms with van der Waals surface area (Å²) in [5, 5.41) is 5.79. The number of hydrogen-bond donors (Lipinski definition) is 2. The van der Waals surface area contributed by atoms with Crippen molar-refractivity contribution in [2.24, 2.45) is 0 Å². The molecule has 0 saturated heterocycles. The van der Waals surface area contributed by atoms with Gasteiger partial charge in [-0.25, -0.2) is 4.98 Å². The number of rotatable bonds is 6. The minimum Gasteiger partial charge on any atom is -0.347 e. The standard InChI is InChI=1S/C22H26N4O2/c1-14(2)17-9-11-18(12-10-17)24-21(28)13-26-20-8-6-5-7-19(20)25-22(26)15(3)23-16(4)27/h5-12,14-15H,13H2,1-4H3,(H,23,27)(H,24,28)/t15-/m1/s1. The molecule has 3 rings (SSSR count). The Hall–Kier alpha value is -3.15. The molecule has 0 aliphatic carbocycles. The first-order valence-corrected chi connectivity index (χ1v) is 9.47. The minimum absolute atomic E-state index is 0.117. The normalized spacial score (nSPS) is 12.2. The van der Waals surface area contributed by atoms with Crippen LogP contribution in [0.3, 0.4) is 0 Å². The monoisotopic (exact) mass is 378 g/mol. The molecule has 0 unspecified atom stereocenters. The Morgan fingerprint density at radius 1 is 1.04 bits per heavy atom. The van der Waals surface area contributed by atoms with Crippen LogP contribution < -0.4 is 10.6 Å². The molecule has 0 radical (unpaired) electrons. The van der Waals surface area contributed by atoms with Gasteiger partial charge in [-0.2, -0.15) is 0 Å². The van der Waals surface area contributed by atoms with Gasteiger partial charge in [0.15, 0.2) is 0 Å². The Balaban J connectivity index is 1.83. The van der Waals surface area contributed by atoms with Crippen molar-refractivity contribution in [2.75, 3.05) is 5.32 Å². The van der Waals surface area contributed by atoms with E-state index in [-0.39, 0.29) is 24.4 Å². The molecule has 6 nitrogen and oxygen atoms in total. The molecule has 0 aliphatic heterocycles. The van der Waals surface area contributed by atoms with Gasteiger partial charge in [0.05, 0.1) is 17.1 Å². The molecular formula is C22H26N4O2. The smallest absolute Gasteiger partial charge is 0.244 e. The van der Waals surface area contributed by atoms with Crippen LogP contribution >= 0.6 is 0 Å². The second kappa shape index (κ2) is 8.25. The summed E-state index contributed by atoms with van der Waals surface area (Å²) >= 11 is 0. The molecular weight excluding hydrogens is 352 g/mol. The third kappa shape index (κ3) is 4.39. The summed E-state index contributed by atoms with van der Waals surface area (Å²) in [6.45, 7) is 7.72. The molecule has 2 aromatic carbocycles. The maximum absolute atomic E-state index is 12.7. The van der Waals surface area contributed by atoms with E-state index in [1.54, 1.807) is 0 Å². The lowest BCUT2D eigenvalue weighted by Gasteiger charge is -2.15. The number of hydrogen-bond acceptors (Lipinski definition) is 3. The second-order valence-corrected chi connectivity index (χ2v) is 7.29. The molecule has 0 spiro atoms. The number of para-hydroxylation sites is 2. The van der Waals surface area contributed by atoms with Crippen LogP contribution in [0.5, 0.6) is 0 Å². The molecule has 0 saturated carbocycles. The second-order valence-electron chi connectivity index (χ2n) is 7.29. The average molecular weight is 378 g/mol. The van der Waals surface area contributed by atoms with Crippen molar-refractivity contribution in [1.82, 2.24) is 14.9 Å². The molecule has 1 heterocycles. The Kier molecular flexibility index (Phi) is 5.78. The minimum atomic E-state index is -0.303. The summed E-state index contributed by atoms with van der Waals surface area (Å²) in [5.74, 6) is 0.819. The number of fused-ring (bicyclic) bond motifs is 1. The summed E-state index contributed by atoms with van der Waals surface area (Å²) in [6, 6.07) is 15.2. The van der Waals surface area contributed by atoms with E-state index in [2.05, 4.69) is 29.5 Å². The number of carbonyl (C=O) groups excluding carboxylic acids is 2. The van der Waals surface area contributed by atoms with E-state index in [4.69, 9.17) is 0 Å². The zero-order valence-electron chi connectivity index (χ0n) is 16.7. The number of aromatic nitrogens is 2.